The fourth-order valence-corrected chi connectivity index (χ4v) is 4.59. The van der Waals surface area contributed by atoms with Gasteiger partial charge in [0.15, 0.2) is 0 Å². The van der Waals surface area contributed by atoms with Crippen LogP contribution in [-0.4, -0.2) is 38.9 Å². The summed E-state index contributed by atoms with van der Waals surface area (Å²) >= 11 is 0. The van der Waals surface area contributed by atoms with Gasteiger partial charge in [-0.2, -0.15) is 0 Å². The standard InChI is InChI=1S/C25H33N3O.C5H11NO.CH2O/c1-20-8-7-9-22-16-24(12-13-25(20)22)29-15-6-5-14-26-17-21-18-27-28(19-21)23-10-3-2-4-11-23;1-2-3-4-5(6)7;1-2/h2-4,10-13,16,19-20,26-27H,5-9,14-15,17-18H2,1H3;2-4H2,1H3,(H2,6,7);1H2. The number of hydrogen-bond donors (Lipinski definition) is 3. The van der Waals surface area contributed by atoms with Crippen molar-refractivity contribution in [3.8, 4) is 5.75 Å². The second kappa shape index (κ2) is 18.2. The Labute approximate surface area is 228 Å². The molecule has 1 unspecified atom stereocenters. The second-order valence-corrected chi connectivity index (χ2v) is 9.78. The summed E-state index contributed by atoms with van der Waals surface area (Å²) in [7, 11) is 0. The summed E-state index contributed by atoms with van der Waals surface area (Å²) in [4.78, 5) is 18.0. The number of nitrogens with two attached hydrogens (primary N) is 1. The number of amides is 1. The van der Waals surface area contributed by atoms with E-state index in [2.05, 4.69) is 71.3 Å². The number of aryl methyl sites for hydroxylation is 1. The van der Waals surface area contributed by atoms with Crippen LogP contribution in [0.3, 0.4) is 0 Å². The molecular weight excluding hydrogens is 476 g/mol. The highest BCUT2D eigenvalue weighted by atomic mass is 16.5. The number of nitrogens with zero attached hydrogens (tertiary/aromatic N) is 1. The van der Waals surface area contributed by atoms with Crippen molar-refractivity contribution >= 4 is 18.4 Å². The van der Waals surface area contributed by atoms with Gasteiger partial charge in [0.2, 0.25) is 5.91 Å². The molecule has 0 fully saturated rings. The van der Waals surface area contributed by atoms with Gasteiger partial charge in [0.1, 0.15) is 12.5 Å². The normalized spacial score (nSPS) is 15.8. The summed E-state index contributed by atoms with van der Waals surface area (Å²) in [5.74, 6) is 1.54. The number of rotatable bonds is 12. The Morgan fingerprint density at radius 2 is 1.95 bits per heavy atom. The van der Waals surface area contributed by atoms with Crippen molar-refractivity contribution in [2.24, 2.45) is 5.73 Å². The van der Waals surface area contributed by atoms with E-state index in [0.717, 1.165) is 57.7 Å². The SMILES string of the molecule is C=O.CC1CCCc2cc(OCCCCNCC3=CN(c4ccccc4)NC3)ccc21.CCCCC(N)=O. The summed E-state index contributed by atoms with van der Waals surface area (Å²) in [5, 5.41) is 5.65. The predicted molar refractivity (Wildman–Crippen MR) is 156 cm³/mol. The largest absolute Gasteiger partial charge is 0.494 e. The quantitative estimate of drug-likeness (QED) is 0.329. The van der Waals surface area contributed by atoms with Crippen molar-refractivity contribution in [2.75, 3.05) is 31.3 Å². The molecule has 208 valence electrons. The first-order valence-corrected chi connectivity index (χ1v) is 13.9. The fraction of sp³-hybridized carbons (Fsp3) is 0.484. The monoisotopic (exact) mass is 522 g/mol. The fourth-order valence-electron chi connectivity index (χ4n) is 4.59. The van der Waals surface area contributed by atoms with Gasteiger partial charge < -0.3 is 20.6 Å². The van der Waals surface area contributed by atoms with E-state index in [1.165, 1.54) is 41.6 Å². The average molecular weight is 523 g/mol. The van der Waals surface area contributed by atoms with Gasteiger partial charge in [-0.05, 0) is 92.0 Å². The van der Waals surface area contributed by atoms with Crippen LogP contribution in [-0.2, 0) is 16.0 Å². The summed E-state index contributed by atoms with van der Waals surface area (Å²) in [6.45, 7) is 10.0. The molecule has 0 radical (unpaired) electrons. The van der Waals surface area contributed by atoms with E-state index in [1.807, 2.05) is 19.8 Å². The van der Waals surface area contributed by atoms with Crippen LogP contribution in [0.15, 0.2) is 60.3 Å². The van der Waals surface area contributed by atoms with Crippen molar-refractivity contribution < 1.29 is 14.3 Å². The van der Waals surface area contributed by atoms with Gasteiger partial charge in [0.05, 0.1) is 12.3 Å². The molecule has 0 saturated heterocycles. The lowest BCUT2D eigenvalue weighted by Crippen LogP contribution is -2.28. The first-order valence-electron chi connectivity index (χ1n) is 13.9. The molecule has 2 aromatic carbocycles. The zero-order valence-electron chi connectivity index (χ0n) is 23.2. The van der Waals surface area contributed by atoms with E-state index in [0.29, 0.717) is 12.3 Å². The maximum Gasteiger partial charge on any atom is 0.217 e. The molecule has 38 heavy (non-hydrogen) atoms. The van der Waals surface area contributed by atoms with E-state index in [9.17, 15) is 4.79 Å². The Kier molecular flexibility index (Phi) is 14.8. The maximum atomic E-state index is 9.98. The van der Waals surface area contributed by atoms with Gasteiger partial charge in [0, 0.05) is 25.7 Å². The molecule has 1 aliphatic carbocycles. The molecule has 7 nitrogen and oxygen atoms in total. The molecule has 2 aromatic rings. The molecule has 0 spiro atoms. The Morgan fingerprint density at radius 3 is 2.66 bits per heavy atom. The van der Waals surface area contributed by atoms with Crippen molar-refractivity contribution in [2.45, 2.75) is 71.1 Å². The molecule has 2 aliphatic rings. The minimum absolute atomic E-state index is 0.193. The highest BCUT2D eigenvalue weighted by molar-refractivity contribution is 5.73. The molecular formula is C31H46N4O3. The summed E-state index contributed by atoms with van der Waals surface area (Å²) < 4.78 is 5.99. The summed E-state index contributed by atoms with van der Waals surface area (Å²) in [6, 6.07) is 17.1. The molecule has 1 atom stereocenters. The van der Waals surface area contributed by atoms with Crippen LogP contribution in [0.2, 0.25) is 0 Å². The first-order chi connectivity index (χ1) is 18.6. The molecule has 0 bridgehead atoms. The van der Waals surface area contributed by atoms with Crippen LogP contribution in [0.25, 0.3) is 0 Å². The predicted octanol–water partition coefficient (Wildman–Crippen LogP) is 5.26. The van der Waals surface area contributed by atoms with Crippen molar-refractivity contribution in [3.63, 3.8) is 0 Å². The molecule has 7 heteroatoms. The molecule has 1 amide bonds. The van der Waals surface area contributed by atoms with E-state index in [-0.39, 0.29) is 5.91 Å². The maximum absolute atomic E-state index is 9.98. The van der Waals surface area contributed by atoms with Crippen molar-refractivity contribution in [1.82, 2.24) is 10.7 Å². The molecule has 1 heterocycles. The number of primary amides is 1. The highest BCUT2D eigenvalue weighted by Gasteiger charge is 2.16. The van der Waals surface area contributed by atoms with Gasteiger partial charge >= 0.3 is 0 Å². The number of hydrazine groups is 1. The third-order valence-electron chi connectivity index (χ3n) is 6.70. The van der Waals surface area contributed by atoms with E-state index >= 15 is 0 Å². The number of unbranched alkanes of at least 4 members (excludes halogenated alkanes) is 2. The zero-order chi connectivity index (χ0) is 27.6. The number of benzene rings is 2. The van der Waals surface area contributed by atoms with Crippen LogP contribution < -0.4 is 26.2 Å². The summed E-state index contributed by atoms with van der Waals surface area (Å²) in [6.07, 6.45) is 10.7. The highest BCUT2D eigenvalue weighted by Crippen LogP contribution is 2.33. The van der Waals surface area contributed by atoms with Crippen LogP contribution in [0, 0.1) is 0 Å². The minimum atomic E-state index is -0.193. The average Bonchev–Trinajstić information content (AvgIpc) is 3.42. The van der Waals surface area contributed by atoms with Crippen molar-refractivity contribution in [3.05, 3.63) is 71.4 Å². The number of para-hydroxylation sites is 1. The number of carbonyl (C=O) groups is 2. The number of ether oxygens (including phenoxy) is 1. The van der Waals surface area contributed by atoms with E-state index in [1.54, 1.807) is 0 Å². The Bertz CT molecular complexity index is 980. The van der Waals surface area contributed by atoms with Gasteiger partial charge in [-0.15, -0.1) is 0 Å². The van der Waals surface area contributed by atoms with Gasteiger partial charge in [-0.25, -0.2) is 5.43 Å². The Morgan fingerprint density at radius 1 is 1.16 bits per heavy atom. The number of nitrogens with one attached hydrogen (secondary N) is 2. The first kappa shape index (κ1) is 31.1. The van der Waals surface area contributed by atoms with Crippen LogP contribution >= 0.6 is 0 Å². The minimum Gasteiger partial charge on any atom is -0.494 e. The topological polar surface area (TPSA) is 96.7 Å². The van der Waals surface area contributed by atoms with Crippen LogP contribution in [0.5, 0.6) is 5.75 Å². The third kappa shape index (κ3) is 11.1. The van der Waals surface area contributed by atoms with Crippen LogP contribution in [0.1, 0.15) is 75.8 Å². The smallest absolute Gasteiger partial charge is 0.217 e. The van der Waals surface area contributed by atoms with Crippen LogP contribution in [0.4, 0.5) is 5.69 Å². The number of anilines is 1. The zero-order valence-corrected chi connectivity index (χ0v) is 23.2. The van der Waals surface area contributed by atoms with Crippen molar-refractivity contribution in [1.29, 1.82) is 0 Å². The van der Waals surface area contributed by atoms with Gasteiger partial charge in [-0.1, -0.05) is 44.5 Å². The number of carbonyl (C=O) groups excluding carboxylic acids is 2. The second-order valence-electron chi connectivity index (χ2n) is 9.78. The lowest BCUT2D eigenvalue weighted by Gasteiger charge is -2.22. The number of fused-ring (bicyclic) bond motifs is 1. The third-order valence-corrected chi connectivity index (χ3v) is 6.70. The lowest BCUT2D eigenvalue weighted by atomic mass is 9.84. The molecule has 4 N–H and O–H groups in total. The number of hydrogen-bond acceptors (Lipinski definition) is 6. The Hall–Kier alpha value is -3.16. The molecule has 0 saturated carbocycles. The molecule has 4 rings (SSSR count). The molecule has 1 aliphatic heterocycles. The van der Waals surface area contributed by atoms with Gasteiger partial charge in [-0.3, -0.25) is 9.80 Å². The summed E-state index contributed by atoms with van der Waals surface area (Å²) in [5.41, 5.74) is 13.8. The van der Waals surface area contributed by atoms with E-state index < -0.39 is 0 Å². The molecule has 0 aromatic heterocycles. The lowest BCUT2D eigenvalue weighted by molar-refractivity contribution is -0.118. The van der Waals surface area contributed by atoms with E-state index in [4.69, 9.17) is 15.3 Å². The van der Waals surface area contributed by atoms with Gasteiger partial charge in [0.25, 0.3) is 0 Å². The Balaban J connectivity index is 0.000000491.